The Morgan fingerprint density at radius 3 is 2.63 bits per heavy atom. The number of likely N-dealkylation sites (N-methyl/N-ethyl adjacent to an activating group) is 1. The topological polar surface area (TPSA) is 66.8 Å². The first-order chi connectivity index (χ1) is 8.72. The molecule has 0 aliphatic carbocycles. The average molecular weight is 384 g/mol. The van der Waals surface area contributed by atoms with Crippen molar-refractivity contribution in [1.29, 1.82) is 0 Å². The number of carbonyl (C=O) groups excluding carboxylic acids is 1. The van der Waals surface area contributed by atoms with Gasteiger partial charge in [0.2, 0.25) is 0 Å². The Morgan fingerprint density at radius 1 is 1.53 bits per heavy atom. The first-order valence-corrected chi connectivity index (χ1v) is 8.37. The van der Waals surface area contributed by atoms with Gasteiger partial charge in [0.1, 0.15) is 0 Å². The molecule has 102 valence electrons. The van der Waals surface area contributed by atoms with Crippen molar-refractivity contribution in [1.82, 2.24) is 4.31 Å². The Labute approximate surface area is 127 Å². The van der Waals surface area contributed by atoms with Gasteiger partial charge in [-0.15, -0.1) is 15.7 Å². The van der Waals surface area contributed by atoms with Crippen molar-refractivity contribution in [3.8, 4) is 0 Å². The Hall–Kier alpha value is -0.700. The van der Waals surface area contributed by atoms with Gasteiger partial charge < -0.3 is 0 Å². The molecule has 0 bridgehead atoms. The van der Waals surface area contributed by atoms with Gasteiger partial charge in [0.05, 0.1) is 25.1 Å². The minimum Gasteiger partial charge on any atom is -0.293 e. The van der Waals surface area contributed by atoms with E-state index in [1.165, 1.54) is 31.4 Å². The standard InChI is InChI=1S/C10H8BrClN2O3S2/c1-5(15)8-4-7(13-19(16,17)14(8)2)9-3-6(12)10(11)18-9/h3-4H,1-2H3. The Kier molecular flexibility index (Phi) is 3.87. The van der Waals surface area contributed by atoms with Gasteiger partial charge in [-0.05, 0) is 28.1 Å². The lowest BCUT2D eigenvalue weighted by Gasteiger charge is -2.21. The van der Waals surface area contributed by atoms with E-state index in [0.29, 0.717) is 13.7 Å². The predicted molar refractivity (Wildman–Crippen MR) is 79.0 cm³/mol. The molecular formula is C10H8BrClN2O3S2. The molecule has 0 atom stereocenters. The molecule has 1 aromatic rings. The number of rotatable bonds is 2. The Balaban J connectivity index is 2.60. The first-order valence-electron chi connectivity index (χ1n) is 4.99. The zero-order chi connectivity index (χ0) is 14.4. The lowest BCUT2D eigenvalue weighted by atomic mass is 10.2. The molecule has 5 nitrogen and oxygen atoms in total. The third-order valence-corrected chi connectivity index (χ3v) is 6.24. The van der Waals surface area contributed by atoms with Crippen molar-refractivity contribution < 1.29 is 13.2 Å². The van der Waals surface area contributed by atoms with Crippen LogP contribution in [0, 0.1) is 0 Å². The van der Waals surface area contributed by atoms with Crippen molar-refractivity contribution in [2.24, 2.45) is 4.40 Å². The van der Waals surface area contributed by atoms with E-state index in [4.69, 9.17) is 11.6 Å². The summed E-state index contributed by atoms with van der Waals surface area (Å²) in [5.41, 5.74) is 0.284. The van der Waals surface area contributed by atoms with Crippen LogP contribution in [0.5, 0.6) is 0 Å². The van der Waals surface area contributed by atoms with Crippen molar-refractivity contribution in [2.45, 2.75) is 6.92 Å². The summed E-state index contributed by atoms with van der Waals surface area (Å²) in [6.45, 7) is 1.30. The molecule has 19 heavy (non-hydrogen) atoms. The summed E-state index contributed by atoms with van der Waals surface area (Å²) in [4.78, 5) is 12.1. The molecular weight excluding hydrogens is 376 g/mol. The molecule has 0 saturated heterocycles. The third kappa shape index (κ3) is 2.76. The summed E-state index contributed by atoms with van der Waals surface area (Å²) in [5.74, 6) is -0.347. The highest BCUT2D eigenvalue weighted by Gasteiger charge is 2.28. The minimum absolute atomic E-state index is 0.0747. The fourth-order valence-electron chi connectivity index (χ4n) is 1.47. The van der Waals surface area contributed by atoms with Crippen LogP contribution in [-0.4, -0.2) is 31.3 Å². The van der Waals surface area contributed by atoms with Gasteiger partial charge in [0.25, 0.3) is 0 Å². The van der Waals surface area contributed by atoms with Crippen LogP contribution in [-0.2, 0) is 15.0 Å². The van der Waals surface area contributed by atoms with Gasteiger partial charge in [-0.25, -0.2) is 0 Å². The first kappa shape index (κ1) is 14.7. The zero-order valence-electron chi connectivity index (χ0n) is 9.85. The van der Waals surface area contributed by atoms with E-state index in [0.717, 1.165) is 4.31 Å². The van der Waals surface area contributed by atoms with Crippen molar-refractivity contribution in [2.75, 3.05) is 7.05 Å². The number of Topliss-reactive ketones (excluding diaryl/α,β-unsaturated/α-hetero) is 1. The summed E-state index contributed by atoms with van der Waals surface area (Å²) in [6, 6.07) is 1.60. The van der Waals surface area contributed by atoms with Gasteiger partial charge in [0.15, 0.2) is 5.78 Å². The third-order valence-electron chi connectivity index (χ3n) is 2.43. The lowest BCUT2D eigenvalue weighted by molar-refractivity contribution is -0.114. The van der Waals surface area contributed by atoms with Crippen LogP contribution >= 0.6 is 38.9 Å². The quantitative estimate of drug-likeness (QED) is 0.788. The van der Waals surface area contributed by atoms with Crippen molar-refractivity contribution in [3.05, 3.63) is 31.5 Å². The summed E-state index contributed by atoms with van der Waals surface area (Å²) in [5, 5.41) is 0.469. The second kappa shape index (κ2) is 5.01. The van der Waals surface area contributed by atoms with E-state index in [-0.39, 0.29) is 17.2 Å². The maximum atomic E-state index is 11.9. The molecule has 0 saturated carbocycles. The van der Waals surface area contributed by atoms with Gasteiger partial charge in [0, 0.05) is 14.0 Å². The second-order valence-electron chi connectivity index (χ2n) is 3.74. The molecule has 2 heterocycles. The van der Waals surface area contributed by atoms with Gasteiger partial charge in [-0.1, -0.05) is 11.6 Å². The molecule has 0 fully saturated rings. The minimum atomic E-state index is -3.88. The van der Waals surface area contributed by atoms with Crippen LogP contribution in [0.1, 0.15) is 11.8 Å². The summed E-state index contributed by atoms with van der Waals surface area (Å²) in [7, 11) is -2.58. The van der Waals surface area contributed by atoms with E-state index in [1.54, 1.807) is 6.07 Å². The predicted octanol–water partition coefficient (Wildman–Crippen LogP) is 2.62. The highest BCUT2D eigenvalue weighted by Crippen LogP contribution is 2.34. The summed E-state index contributed by atoms with van der Waals surface area (Å²) < 4.78 is 29.0. The largest absolute Gasteiger partial charge is 0.345 e. The molecule has 9 heteroatoms. The number of ketones is 1. The fraction of sp³-hybridized carbons (Fsp3) is 0.200. The zero-order valence-corrected chi connectivity index (χ0v) is 13.8. The van der Waals surface area contributed by atoms with Crippen molar-refractivity contribution >= 4 is 60.6 Å². The number of hydrogen-bond donors (Lipinski definition) is 0. The van der Waals surface area contributed by atoms with Gasteiger partial charge >= 0.3 is 10.2 Å². The highest BCUT2D eigenvalue weighted by molar-refractivity contribution is 9.11. The average Bonchev–Trinajstić information content (AvgIpc) is 2.62. The smallest absolute Gasteiger partial charge is 0.293 e. The Morgan fingerprint density at radius 2 is 2.16 bits per heavy atom. The number of carbonyl (C=O) groups is 1. The van der Waals surface area contributed by atoms with E-state index < -0.39 is 10.2 Å². The molecule has 1 aliphatic rings. The summed E-state index contributed by atoms with van der Waals surface area (Å²) in [6.07, 6.45) is 1.44. The molecule has 2 rings (SSSR count). The van der Waals surface area contributed by atoms with Crippen LogP contribution in [0.15, 0.2) is 26.0 Å². The van der Waals surface area contributed by atoms with Gasteiger partial charge in [-0.2, -0.15) is 8.42 Å². The van der Waals surface area contributed by atoms with Gasteiger partial charge in [-0.3, -0.25) is 9.10 Å². The SMILES string of the molecule is CC(=O)C1=CC(c2cc(Cl)c(Br)s2)=NS(=O)(=O)N1C. The Bertz CT molecular complexity index is 702. The monoisotopic (exact) mass is 382 g/mol. The van der Waals surface area contributed by atoms with Crippen LogP contribution in [0.3, 0.4) is 0 Å². The molecule has 0 amide bonds. The van der Waals surface area contributed by atoms with Crippen LogP contribution < -0.4 is 0 Å². The summed E-state index contributed by atoms with van der Waals surface area (Å²) >= 11 is 10.4. The molecule has 0 radical (unpaired) electrons. The molecule has 0 spiro atoms. The van der Waals surface area contributed by atoms with E-state index >= 15 is 0 Å². The lowest BCUT2D eigenvalue weighted by Crippen LogP contribution is -2.32. The van der Waals surface area contributed by atoms with E-state index in [2.05, 4.69) is 20.3 Å². The van der Waals surface area contributed by atoms with Crippen LogP contribution in [0.25, 0.3) is 0 Å². The number of halogens is 2. The number of thiophene rings is 1. The van der Waals surface area contributed by atoms with E-state index in [1.807, 2.05) is 0 Å². The highest BCUT2D eigenvalue weighted by atomic mass is 79.9. The molecule has 0 N–H and O–H groups in total. The normalized spacial score (nSPS) is 18.0. The van der Waals surface area contributed by atoms with Crippen LogP contribution in [0.4, 0.5) is 0 Å². The number of hydrogen-bond acceptors (Lipinski definition) is 4. The maximum absolute atomic E-state index is 11.9. The number of nitrogens with zero attached hydrogens (tertiary/aromatic N) is 2. The fourth-order valence-corrected chi connectivity index (χ4v) is 4.14. The molecule has 1 aromatic heterocycles. The second-order valence-corrected chi connectivity index (χ2v) is 8.14. The maximum Gasteiger partial charge on any atom is 0.345 e. The molecule has 0 unspecified atom stereocenters. The molecule has 0 aromatic carbocycles. The molecule has 1 aliphatic heterocycles. The van der Waals surface area contributed by atoms with E-state index in [9.17, 15) is 13.2 Å². The number of allylic oxidation sites excluding steroid dienone is 2. The van der Waals surface area contributed by atoms with Crippen molar-refractivity contribution in [3.63, 3.8) is 0 Å². The van der Waals surface area contributed by atoms with Crippen LogP contribution in [0.2, 0.25) is 5.02 Å².